The molecule has 0 aromatic heterocycles. The number of ether oxygens (including phenoxy) is 1. The molecule has 1 fully saturated rings. The predicted molar refractivity (Wildman–Crippen MR) is 69.1 cm³/mol. The zero-order valence-electron chi connectivity index (χ0n) is 10.2. The molecule has 0 amide bonds. The molecule has 0 spiro atoms. The predicted octanol–water partition coefficient (Wildman–Crippen LogP) is 1.53. The zero-order chi connectivity index (χ0) is 12.3. The normalized spacial score (nSPS) is 18.9. The second-order valence-corrected chi connectivity index (χ2v) is 4.70. The molecule has 0 radical (unpaired) electrons. The van der Waals surface area contributed by atoms with E-state index in [1.165, 1.54) is 0 Å². The highest BCUT2D eigenvalue weighted by atomic mass is 16.5. The topological polar surface area (TPSA) is 67.5 Å². The van der Waals surface area contributed by atoms with Crippen LogP contribution in [0.5, 0.6) is 0 Å². The summed E-state index contributed by atoms with van der Waals surface area (Å²) in [6, 6.07) is 5.81. The monoisotopic (exact) mass is 236 g/mol. The van der Waals surface area contributed by atoms with Gasteiger partial charge in [-0.05, 0) is 37.5 Å². The van der Waals surface area contributed by atoms with E-state index in [4.69, 9.17) is 10.5 Å². The van der Waals surface area contributed by atoms with Gasteiger partial charge in [-0.3, -0.25) is 0 Å². The van der Waals surface area contributed by atoms with Crippen LogP contribution in [0.2, 0.25) is 0 Å². The Balaban J connectivity index is 2.20. The van der Waals surface area contributed by atoms with Gasteiger partial charge in [0.25, 0.3) is 0 Å². The lowest BCUT2D eigenvalue weighted by molar-refractivity contribution is 0.0380. The summed E-state index contributed by atoms with van der Waals surface area (Å²) in [5.41, 5.74) is 8.42. The number of anilines is 2. The van der Waals surface area contributed by atoms with Gasteiger partial charge in [-0.15, -0.1) is 0 Å². The van der Waals surface area contributed by atoms with E-state index in [2.05, 4.69) is 5.32 Å². The first-order valence-corrected chi connectivity index (χ1v) is 5.99. The average Bonchev–Trinajstić information content (AvgIpc) is 2.36. The molecular weight excluding hydrogens is 216 g/mol. The largest absolute Gasteiger partial charge is 0.398 e. The minimum absolute atomic E-state index is 0.116. The molecule has 94 valence electrons. The molecular formula is C13H20N2O2. The highest BCUT2D eigenvalue weighted by Gasteiger charge is 2.32. The Hall–Kier alpha value is -1.26. The Morgan fingerprint density at radius 2 is 2.12 bits per heavy atom. The van der Waals surface area contributed by atoms with Crippen LogP contribution in [0, 0.1) is 6.92 Å². The first kappa shape index (κ1) is 12.2. The minimum Gasteiger partial charge on any atom is -0.398 e. The van der Waals surface area contributed by atoms with E-state index in [0.29, 0.717) is 13.2 Å². The van der Waals surface area contributed by atoms with Crippen molar-refractivity contribution in [3.8, 4) is 0 Å². The molecule has 1 aromatic rings. The summed E-state index contributed by atoms with van der Waals surface area (Å²) < 4.78 is 5.34. The van der Waals surface area contributed by atoms with Crippen LogP contribution in [-0.4, -0.2) is 30.5 Å². The van der Waals surface area contributed by atoms with Crippen molar-refractivity contribution >= 4 is 11.4 Å². The van der Waals surface area contributed by atoms with Crippen LogP contribution in [0.25, 0.3) is 0 Å². The molecule has 0 bridgehead atoms. The number of aliphatic hydroxyl groups is 1. The Labute approximate surface area is 102 Å². The van der Waals surface area contributed by atoms with E-state index < -0.39 is 0 Å². The molecule has 1 aliphatic rings. The van der Waals surface area contributed by atoms with Crippen LogP contribution in [-0.2, 0) is 4.74 Å². The fourth-order valence-corrected chi connectivity index (χ4v) is 2.16. The third kappa shape index (κ3) is 2.53. The molecule has 0 saturated carbocycles. The standard InChI is InChI=1S/C13H20N2O2/c1-10-11(14)3-2-4-12(10)15-13(9-16)5-7-17-8-6-13/h2-4,15-16H,5-9,14H2,1H3. The van der Waals surface area contributed by atoms with Gasteiger partial charge in [0.15, 0.2) is 0 Å². The molecule has 1 aliphatic heterocycles. The molecule has 4 nitrogen and oxygen atoms in total. The lowest BCUT2D eigenvalue weighted by Crippen LogP contribution is -2.47. The van der Waals surface area contributed by atoms with Crippen LogP contribution < -0.4 is 11.1 Å². The summed E-state index contributed by atoms with van der Waals surface area (Å²) in [5.74, 6) is 0. The number of hydrogen-bond donors (Lipinski definition) is 3. The average molecular weight is 236 g/mol. The van der Waals surface area contributed by atoms with Crippen LogP contribution >= 0.6 is 0 Å². The highest BCUT2D eigenvalue weighted by molar-refractivity contribution is 5.63. The fourth-order valence-electron chi connectivity index (χ4n) is 2.16. The number of aliphatic hydroxyl groups excluding tert-OH is 1. The Kier molecular flexibility index (Phi) is 3.54. The van der Waals surface area contributed by atoms with E-state index in [9.17, 15) is 5.11 Å². The molecule has 2 rings (SSSR count). The summed E-state index contributed by atoms with van der Waals surface area (Å²) in [7, 11) is 0. The van der Waals surface area contributed by atoms with Crippen molar-refractivity contribution in [3.05, 3.63) is 23.8 Å². The maximum Gasteiger partial charge on any atom is 0.0663 e. The van der Waals surface area contributed by atoms with Gasteiger partial charge in [0.1, 0.15) is 0 Å². The molecule has 4 heteroatoms. The van der Waals surface area contributed by atoms with Gasteiger partial charge in [-0.1, -0.05) is 6.07 Å². The van der Waals surface area contributed by atoms with E-state index >= 15 is 0 Å². The number of nitrogen functional groups attached to an aromatic ring is 1. The molecule has 0 unspecified atom stereocenters. The number of benzene rings is 1. The Morgan fingerprint density at radius 3 is 2.76 bits per heavy atom. The molecule has 0 aliphatic carbocycles. The fraction of sp³-hybridized carbons (Fsp3) is 0.538. The lowest BCUT2D eigenvalue weighted by atomic mass is 9.90. The number of nitrogens with two attached hydrogens (primary N) is 1. The van der Waals surface area contributed by atoms with E-state index in [-0.39, 0.29) is 12.1 Å². The van der Waals surface area contributed by atoms with Crippen molar-refractivity contribution in [2.75, 3.05) is 30.9 Å². The van der Waals surface area contributed by atoms with Gasteiger partial charge < -0.3 is 20.9 Å². The van der Waals surface area contributed by atoms with Crippen molar-refractivity contribution in [2.24, 2.45) is 0 Å². The maximum absolute atomic E-state index is 9.61. The molecule has 1 saturated heterocycles. The van der Waals surface area contributed by atoms with Crippen molar-refractivity contribution in [1.82, 2.24) is 0 Å². The summed E-state index contributed by atoms with van der Waals surface area (Å²) in [5, 5.41) is 13.1. The highest BCUT2D eigenvalue weighted by Crippen LogP contribution is 2.29. The van der Waals surface area contributed by atoms with Crippen LogP contribution in [0.3, 0.4) is 0 Å². The minimum atomic E-state index is -0.267. The van der Waals surface area contributed by atoms with Crippen LogP contribution in [0.1, 0.15) is 18.4 Å². The molecule has 4 N–H and O–H groups in total. The smallest absolute Gasteiger partial charge is 0.0663 e. The zero-order valence-corrected chi connectivity index (χ0v) is 10.2. The molecule has 1 aromatic carbocycles. The van der Waals surface area contributed by atoms with Gasteiger partial charge in [-0.2, -0.15) is 0 Å². The van der Waals surface area contributed by atoms with Crippen LogP contribution in [0.15, 0.2) is 18.2 Å². The van der Waals surface area contributed by atoms with Crippen molar-refractivity contribution in [2.45, 2.75) is 25.3 Å². The SMILES string of the molecule is Cc1c(N)cccc1NC1(CO)CCOCC1. The van der Waals surface area contributed by atoms with Crippen molar-refractivity contribution < 1.29 is 9.84 Å². The van der Waals surface area contributed by atoms with Gasteiger partial charge in [0.05, 0.1) is 12.1 Å². The second-order valence-electron chi connectivity index (χ2n) is 4.70. The summed E-state index contributed by atoms with van der Waals surface area (Å²) in [6.07, 6.45) is 1.63. The summed E-state index contributed by atoms with van der Waals surface area (Å²) >= 11 is 0. The van der Waals surface area contributed by atoms with Gasteiger partial charge in [0.2, 0.25) is 0 Å². The first-order chi connectivity index (χ1) is 8.17. The molecule has 17 heavy (non-hydrogen) atoms. The first-order valence-electron chi connectivity index (χ1n) is 5.99. The van der Waals surface area contributed by atoms with Gasteiger partial charge >= 0.3 is 0 Å². The molecule has 1 heterocycles. The second kappa shape index (κ2) is 4.94. The number of hydrogen-bond acceptors (Lipinski definition) is 4. The van der Waals surface area contributed by atoms with Gasteiger partial charge in [-0.25, -0.2) is 0 Å². The molecule has 0 atom stereocenters. The number of nitrogens with one attached hydrogen (secondary N) is 1. The lowest BCUT2D eigenvalue weighted by Gasteiger charge is -2.37. The van der Waals surface area contributed by atoms with E-state index in [1.807, 2.05) is 25.1 Å². The maximum atomic E-state index is 9.61. The third-order valence-corrected chi connectivity index (χ3v) is 3.53. The van der Waals surface area contributed by atoms with E-state index in [1.54, 1.807) is 0 Å². The van der Waals surface area contributed by atoms with Crippen molar-refractivity contribution in [3.63, 3.8) is 0 Å². The summed E-state index contributed by atoms with van der Waals surface area (Å²) in [6.45, 7) is 3.48. The Bertz CT molecular complexity index is 387. The third-order valence-electron chi connectivity index (χ3n) is 3.53. The van der Waals surface area contributed by atoms with Crippen molar-refractivity contribution in [1.29, 1.82) is 0 Å². The summed E-state index contributed by atoms with van der Waals surface area (Å²) in [4.78, 5) is 0. The quantitative estimate of drug-likeness (QED) is 0.696. The van der Waals surface area contributed by atoms with Crippen LogP contribution in [0.4, 0.5) is 11.4 Å². The van der Waals surface area contributed by atoms with Gasteiger partial charge in [0, 0.05) is 24.6 Å². The van der Waals surface area contributed by atoms with E-state index in [0.717, 1.165) is 29.8 Å². The Morgan fingerprint density at radius 1 is 1.41 bits per heavy atom. The number of rotatable bonds is 3.